The van der Waals surface area contributed by atoms with Crippen LogP contribution in [-0.2, 0) is 12.0 Å². The predicted molar refractivity (Wildman–Crippen MR) is 107 cm³/mol. The molecule has 2 rings (SSSR count). The number of likely N-dealkylation sites (tertiary alicyclic amines) is 1. The highest BCUT2D eigenvalue weighted by Gasteiger charge is 2.24. The highest BCUT2D eigenvalue weighted by atomic mass is 16.4. The van der Waals surface area contributed by atoms with Crippen molar-refractivity contribution in [2.24, 2.45) is 10.9 Å². The van der Waals surface area contributed by atoms with Crippen LogP contribution in [-0.4, -0.2) is 48.1 Å². The van der Waals surface area contributed by atoms with Gasteiger partial charge in [0.15, 0.2) is 5.96 Å². The van der Waals surface area contributed by atoms with Crippen LogP contribution in [0.5, 0.6) is 0 Å². The van der Waals surface area contributed by atoms with Crippen LogP contribution in [0.4, 0.5) is 0 Å². The van der Waals surface area contributed by atoms with E-state index in [4.69, 9.17) is 4.42 Å². The van der Waals surface area contributed by atoms with Gasteiger partial charge in [0.05, 0.1) is 6.20 Å². The van der Waals surface area contributed by atoms with Crippen molar-refractivity contribution in [3.8, 4) is 0 Å². The number of hydrogen-bond acceptors (Lipinski definition) is 4. The first-order valence-electron chi connectivity index (χ1n) is 10.0. The molecule has 1 saturated heterocycles. The van der Waals surface area contributed by atoms with Crippen molar-refractivity contribution in [3.05, 3.63) is 17.8 Å². The Kier molecular flexibility index (Phi) is 7.50. The lowest BCUT2D eigenvalue weighted by atomic mass is 9.94. The third-order valence-corrected chi connectivity index (χ3v) is 4.87. The Balaban J connectivity index is 1.96. The highest BCUT2D eigenvalue weighted by molar-refractivity contribution is 5.79. The van der Waals surface area contributed by atoms with E-state index in [1.165, 1.54) is 25.9 Å². The number of nitrogens with zero attached hydrogens (tertiary/aromatic N) is 3. The molecule has 26 heavy (non-hydrogen) atoms. The van der Waals surface area contributed by atoms with Crippen LogP contribution in [0.2, 0.25) is 0 Å². The Morgan fingerprint density at radius 1 is 1.27 bits per heavy atom. The normalized spacial score (nSPS) is 17.7. The maximum Gasteiger partial charge on any atom is 0.216 e. The molecule has 0 aromatic carbocycles. The summed E-state index contributed by atoms with van der Waals surface area (Å²) in [6.45, 7) is 17.7. The van der Waals surface area contributed by atoms with E-state index in [1.807, 2.05) is 6.20 Å². The number of oxazole rings is 1. The zero-order valence-electron chi connectivity index (χ0n) is 17.4. The molecule has 1 atom stereocenters. The molecule has 6 nitrogen and oxygen atoms in total. The second-order valence-corrected chi connectivity index (χ2v) is 8.50. The minimum atomic E-state index is -0.0298. The van der Waals surface area contributed by atoms with Crippen molar-refractivity contribution < 1.29 is 4.42 Å². The molecule has 0 bridgehead atoms. The van der Waals surface area contributed by atoms with Crippen LogP contribution in [0.1, 0.15) is 66.0 Å². The fourth-order valence-corrected chi connectivity index (χ4v) is 3.28. The largest absolute Gasteiger partial charge is 0.443 e. The average molecular weight is 364 g/mol. The van der Waals surface area contributed by atoms with Gasteiger partial charge in [0, 0.05) is 24.5 Å². The number of nitrogens with one attached hydrogen (secondary N) is 2. The van der Waals surface area contributed by atoms with Gasteiger partial charge >= 0.3 is 0 Å². The quantitative estimate of drug-likeness (QED) is 0.575. The van der Waals surface area contributed by atoms with Gasteiger partial charge in [-0.2, -0.15) is 0 Å². The lowest BCUT2D eigenvalue weighted by Gasteiger charge is -2.31. The summed E-state index contributed by atoms with van der Waals surface area (Å²) in [5.41, 5.74) is -0.0298. The molecule has 1 fully saturated rings. The molecule has 0 amide bonds. The first-order valence-corrected chi connectivity index (χ1v) is 10.0. The highest BCUT2D eigenvalue weighted by Crippen LogP contribution is 2.22. The number of rotatable bonds is 7. The molecule has 148 valence electrons. The predicted octanol–water partition coefficient (Wildman–Crippen LogP) is 3.15. The van der Waals surface area contributed by atoms with E-state index in [1.54, 1.807) is 0 Å². The summed E-state index contributed by atoms with van der Waals surface area (Å²) < 4.78 is 5.84. The van der Waals surface area contributed by atoms with E-state index >= 15 is 0 Å². The molecule has 1 aliphatic heterocycles. The maximum atomic E-state index is 5.84. The molecular weight excluding hydrogens is 326 g/mol. The topological polar surface area (TPSA) is 65.7 Å². The van der Waals surface area contributed by atoms with Crippen molar-refractivity contribution in [1.29, 1.82) is 0 Å². The molecule has 1 aromatic rings. The first-order chi connectivity index (χ1) is 12.3. The Morgan fingerprint density at radius 2 is 1.96 bits per heavy atom. The van der Waals surface area contributed by atoms with Crippen molar-refractivity contribution in [3.63, 3.8) is 0 Å². The number of aromatic nitrogens is 1. The Morgan fingerprint density at radius 3 is 2.50 bits per heavy atom. The molecule has 2 N–H and O–H groups in total. The monoisotopic (exact) mass is 363 g/mol. The van der Waals surface area contributed by atoms with Gasteiger partial charge in [-0.15, -0.1) is 0 Å². The van der Waals surface area contributed by atoms with Crippen LogP contribution in [0, 0.1) is 5.92 Å². The SMILES string of the molecule is CCNC(=NCc1ncc(C(C)(C)C)o1)NCC(C(C)C)N1CCCC1. The van der Waals surface area contributed by atoms with Crippen LogP contribution < -0.4 is 10.6 Å². The van der Waals surface area contributed by atoms with Gasteiger partial charge in [-0.1, -0.05) is 34.6 Å². The summed E-state index contributed by atoms with van der Waals surface area (Å²) in [6.07, 6.45) is 4.45. The van der Waals surface area contributed by atoms with Crippen LogP contribution in [0.3, 0.4) is 0 Å². The van der Waals surface area contributed by atoms with Crippen molar-refractivity contribution in [2.75, 3.05) is 26.2 Å². The van der Waals surface area contributed by atoms with Gasteiger partial charge in [0.25, 0.3) is 0 Å². The molecule has 1 aliphatic rings. The molecule has 0 spiro atoms. The maximum absolute atomic E-state index is 5.84. The van der Waals surface area contributed by atoms with E-state index in [0.29, 0.717) is 24.4 Å². The van der Waals surface area contributed by atoms with E-state index in [9.17, 15) is 0 Å². The van der Waals surface area contributed by atoms with Gasteiger partial charge in [0.2, 0.25) is 5.89 Å². The minimum Gasteiger partial charge on any atom is -0.443 e. The zero-order valence-corrected chi connectivity index (χ0v) is 17.4. The smallest absolute Gasteiger partial charge is 0.216 e. The van der Waals surface area contributed by atoms with Gasteiger partial charge in [-0.3, -0.25) is 4.90 Å². The van der Waals surface area contributed by atoms with E-state index in [-0.39, 0.29) is 5.41 Å². The fraction of sp³-hybridized carbons (Fsp3) is 0.800. The molecule has 0 radical (unpaired) electrons. The third kappa shape index (κ3) is 6.01. The third-order valence-electron chi connectivity index (χ3n) is 4.87. The molecule has 0 aliphatic carbocycles. The van der Waals surface area contributed by atoms with E-state index in [2.05, 4.69) is 67.1 Å². The fourth-order valence-electron chi connectivity index (χ4n) is 3.28. The van der Waals surface area contributed by atoms with Crippen LogP contribution in [0.15, 0.2) is 15.6 Å². The Hall–Kier alpha value is -1.56. The molecular formula is C20H37N5O. The lowest BCUT2D eigenvalue weighted by Crippen LogP contribution is -2.48. The van der Waals surface area contributed by atoms with Gasteiger partial charge < -0.3 is 15.1 Å². The molecule has 0 saturated carbocycles. The van der Waals surface area contributed by atoms with Gasteiger partial charge in [-0.05, 0) is 38.8 Å². The summed E-state index contributed by atoms with van der Waals surface area (Å²) >= 11 is 0. The lowest BCUT2D eigenvalue weighted by molar-refractivity contribution is 0.192. The number of aliphatic imine (C=N–C) groups is 1. The van der Waals surface area contributed by atoms with Crippen LogP contribution >= 0.6 is 0 Å². The van der Waals surface area contributed by atoms with Crippen molar-refractivity contribution >= 4 is 5.96 Å². The van der Waals surface area contributed by atoms with E-state index in [0.717, 1.165) is 24.8 Å². The molecule has 2 heterocycles. The molecule has 1 unspecified atom stereocenters. The minimum absolute atomic E-state index is 0.0298. The standard InChI is InChI=1S/C20H37N5O/c1-7-21-19(23-12-16(15(2)3)25-10-8-9-11-25)24-14-18-22-13-17(26-18)20(4,5)6/h13,15-16H,7-12,14H2,1-6H3,(H2,21,23,24). The summed E-state index contributed by atoms with van der Waals surface area (Å²) in [6, 6.07) is 0.538. The number of guanidine groups is 1. The summed E-state index contributed by atoms with van der Waals surface area (Å²) in [5.74, 6) is 3.00. The van der Waals surface area contributed by atoms with E-state index < -0.39 is 0 Å². The first kappa shape index (κ1) is 20.7. The van der Waals surface area contributed by atoms with Gasteiger partial charge in [-0.25, -0.2) is 9.98 Å². The number of hydrogen-bond donors (Lipinski definition) is 2. The Bertz CT molecular complexity index is 567. The molecule has 1 aromatic heterocycles. The summed E-state index contributed by atoms with van der Waals surface area (Å²) in [4.78, 5) is 11.6. The van der Waals surface area contributed by atoms with Crippen LogP contribution in [0.25, 0.3) is 0 Å². The van der Waals surface area contributed by atoms with Crippen molar-refractivity contribution in [2.45, 2.75) is 72.4 Å². The average Bonchev–Trinajstić information content (AvgIpc) is 3.23. The van der Waals surface area contributed by atoms with Crippen molar-refractivity contribution in [1.82, 2.24) is 20.5 Å². The summed E-state index contributed by atoms with van der Waals surface area (Å²) in [5, 5.41) is 6.84. The second kappa shape index (κ2) is 9.40. The molecule has 6 heteroatoms. The van der Waals surface area contributed by atoms with Gasteiger partial charge in [0.1, 0.15) is 12.3 Å². The second-order valence-electron chi connectivity index (χ2n) is 8.50. The summed E-state index contributed by atoms with van der Waals surface area (Å²) in [7, 11) is 0. The Labute approximate surface area is 158 Å². The zero-order chi connectivity index (χ0) is 19.2.